The van der Waals surface area contributed by atoms with E-state index in [2.05, 4.69) is 18.8 Å². The lowest BCUT2D eigenvalue weighted by atomic mass is 9.97. The van der Waals surface area contributed by atoms with E-state index < -0.39 is 6.10 Å². The van der Waals surface area contributed by atoms with Gasteiger partial charge in [0.1, 0.15) is 5.75 Å². The number of hydrogen-bond donors (Lipinski definition) is 1. The van der Waals surface area contributed by atoms with Crippen LogP contribution in [0.4, 0.5) is 0 Å². The summed E-state index contributed by atoms with van der Waals surface area (Å²) in [5, 5.41) is 10.5. The molecule has 2 rings (SSSR count). The average Bonchev–Trinajstić information content (AvgIpc) is 3.00. The van der Waals surface area contributed by atoms with Crippen molar-refractivity contribution < 1.29 is 9.84 Å². The molecule has 22 heavy (non-hydrogen) atoms. The molecule has 0 radical (unpaired) electrons. The van der Waals surface area contributed by atoms with Crippen LogP contribution in [0.15, 0.2) is 43.0 Å². The Kier molecular flexibility index (Phi) is 6.01. The van der Waals surface area contributed by atoms with Crippen molar-refractivity contribution in [1.82, 2.24) is 9.55 Å². The van der Waals surface area contributed by atoms with E-state index in [4.69, 9.17) is 4.74 Å². The fraction of sp³-hybridized carbons (Fsp3) is 0.500. The third-order valence-electron chi connectivity index (χ3n) is 3.78. The zero-order chi connectivity index (χ0) is 15.9. The molecule has 2 aromatic rings. The molecule has 1 aromatic carbocycles. The number of rotatable bonds is 8. The van der Waals surface area contributed by atoms with E-state index in [-0.39, 0.29) is 5.92 Å². The predicted molar refractivity (Wildman–Crippen MR) is 87.7 cm³/mol. The Morgan fingerprint density at radius 2 is 1.91 bits per heavy atom. The quantitative estimate of drug-likeness (QED) is 0.809. The van der Waals surface area contributed by atoms with Gasteiger partial charge in [0.25, 0.3) is 0 Å². The first-order chi connectivity index (χ1) is 10.6. The van der Waals surface area contributed by atoms with Gasteiger partial charge in [-0.3, -0.25) is 0 Å². The molecule has 0 fully saturated rings. The van der Waals surface area contributed by atoms with E-state index in [1.54, 1.807) is 12.5 Å². The Hall–Kier alpha value is -1.81. The van der Waals surface area contributed by atoms with Gasteiger partial charge in [-0.1, -0.05) is 32.9 Å². The lowest BCUT2D eigenvalue weighted by Crippen LogP contribution is -2.15. The van der Waals surface area contributed by atoms with Crippen LogP contribution in [-0.4, -0.2) is 21.3 Å². The van der Waals surface area contributed by atoms with Gasteiger partial charge in [-0.15, -0.1) is 0 Å². The van der Waals surface area contributed by atoms with Gasteiger partial charge in [-0.05, 0) is 30.0 Å². The van der Waals surface area contributed by atoms with Crippen LogP contribution >= 0.6 is 0 Å². The van der Waals surface area contributed by atoms with Gasteiger partial charge in [-0.2, -0.15) is 0 Å². The first-order valence-corrected chi connectivity index (χ1v) is 7.93. The van der Waals surface area contributed by atoms with Crippen LogP contribution in [0.5, 0.6) is 5.75 Å². The van der Waals surface area contributed by atoms with Crippen molar-refractivity contribution >= 4 is 0 Å². The first kappa shape index (κ1) is 16.6. The van der Waals surface area contributed by atoms with Crippen molar-refractivity contribution in [3.63, 3.8) is 0 Å². The maximum Gasteiger partial charge on any atom is 0.119 e. The van der Waals surface area contributed by atoms with Gasteiger partial charge >= 0.3 is 0 Å². The number of imidazole rings is 1. The van der Waals surface area contributed by atoms with Gasteiger partial charge in [0, 0.05) is 24.9 Å². The van der Waals surface area contributed by atoms with Crippen LogP contribution in [0.2, 0.25) is 0 Å². The number of hydrogen-bond acceptors (Lipinski definition) is 3. The van der Waals surface area contributed by atoms with Crippen LogP contribution in [0.25, 0.3) is 0 Å². The molecule has 1 heterocycles. The topological polar surface area (TPSA) is 47.3 Å². The molecular formula is C18H26N2O2. The number of nitrogens with zero attached hydrogens (tertiary/aromatic N) is 2. The highest BCUT2D eigenvalue weighted by atomic mass is 16.5. The molecule has 1 aromatic heterocycles. The second-order valence-electron chi connectivity index (χ2n) is 6.28. The average molecular weight is 302 g/mol. The summed E-state index contributed by atoms with van der Waals surface area (Å²) < 4.78 is 7.69. The SMILES string of the molecule is CC(C)CCOc1ccc(C(O)C(C)Cn2ccnc2)cc1. The Balaban J connectivity index is 1.88. The normalized spacial score (nSPS) is 14.0. The Bertz CT molecular complexity index is 535. The van der Waals surface area contributed by atoms with Crippen LogP contribution in [0.3, 0.4) is 0 Å². The van der Waals surface area contributed by atoms with Gasteiger partial charge in [-0.25, -0.2) is 4.98 Å². The number of aliphatic hydroxyl groups excluding tert-OH is 1. The van der Waals surface area contributed by atoms with E-state index in [9.17, 15) is 5.11 Å². The monoisotopic (exact) mass is 302 g/mol. The van der Waals surface area contributed by atoms with Crippen molar-refractivity contribution in [2.75, 3.05) is 6.61 Å². The summed E-state index contributed by atoms with van der Waals surface area (Å²) in [6, 6.07) is 7.76. The number of aromatic nitrogens is 2. The van der Waals surface area contributed by atoms with E-state index in [0.717, 1.165) is 30.9 Å². The largest absolute Gasteiger partial charge is 0.494 e. The third-order valence-corrected chi connectivity index (χ3v) is 3.78. The van der Waals surface area contributed by atoms with Crippen LogP contribution in [0.1, 0.15) is 38.9 Å². The minimum Gasteiger partial charge on any atom is -0.494 e. The van der Waals surface area contributed by atoms with Crippen LogP contribution in [-0.2, 0) is 6.54 Å². The predicted octanol–water partition coefficient (Wildman–Crippen LogP) is 3.68. The zero-order valence-corrected chi connectivity index (χ0v) is 13.6. The number of benzene rings is 1. The molecule has 0 aliphatic heterocycles. The van der Waals surface area contributed by atoms with Crippen molar-refractivity contribution in [2.24, 2.45) is 11.8 Å². The summed E-state index contributed by atoms with van der Waals surface area (Å²) in [7, 11) is 0. The van der Waals surface area contributed by atoms with Gasteiger partial charge in [0.15, 0.2) is 0 Å². The molecule has 0 saturated carbocycles. The lowest BCUT2D eigenvalue weighted by molar-refractivity contribution is 0.107. The number of aliphatic hydroxyl groups is 1. The molecule has 120 valence electrons. The van der Waals surface area contributed by atoms with Crippen molar-refractivity contribution in [2.45, 2.75) is 39.8 Å². The van der Waals surface area contributed by atoms with Gasteiger partial charge in [0.2, 0.25) is 0 Å². The zero-order valence-electron chi connectivity index (χ0n) is 13.6. The summed E-state index contributed by atoms with van der Waals surface area (Å²) >= 11 is 0. The standard InChI is InChI=1S/C18H26N2O2/c1-14(2)8-11-22-17-6-4-16(5-7-17)18(21)15(3)12-20-10-9-19-13-20/h4-7,9-10,13-15,18,21H,8,11-12H2,1-3H3. The van der Waals surface area contributed by atoms with Crippen molar-refractivity contribution in [3.05, 3.63) is 48.5 Å². The highest BCUT2D eigenvalue weighted by Crippen LogP contribution is 2.25. The molecule has 4 nitrogen and oxygen atoms in total. The molecule has 0 spiro atoms. The minimum atomic E-state index is -0.493. The molecule has 0 aliphatic carbocycles. The van der Waals surface area contributed by atoms with E-state index in [1.807, 2.05) is 42.0 Å². The smallest absolute Gasteiger partial charge is 0.119 e. The van der Waals surface area contributed by atoms with E-state index in [0.29, 0.717) is 5.92 Å². The van der Waals surface area contributed by atoms with Crippen molar-refractivity contribution in [1.29, 1.82) is 0 Å². The molecule has 0 saturated heterocycles. The molecule has 4 heteroatoms. The Morgan fingerprint density at radius 3 is 2.50 bits per heavy atom. The van der Waals surface area contributed by atoms with Crippen molar-refractivity contribution in [3.8, 4) is 5.75 Å². The Morgan fingerprint density at radius 1 is 1.18 bits per heavy atom. The molecule has 2 unspecified atom stereocenters. The maximum absolute atomic E-state index is 10.5. The molecule has 2 atom stereocenters. The minimum absolute atomic E-state index is 0.113. The van der Waals surface area contributed by atoms with E-state index >= 15 is 0 Å². The summed E-state index contributed by atoms with van der Waals surface area (Å²) in [5.41, 5.74) is 0.920. The summed E-state index contributed by atoms with van der Waals surface area (Å²) in [5.74, 6) is 1.62. The third kappa shape index (κ3) is 4.88. The molecule has 0 aliphatic rings. The number of ether oxygens (including phenoxy) is 1. The maximum atomic E-state index is 10.5. The molecule has 0 bridgehead atoms. The summed E-state index contributed by atoms with van der Waals surface area (Å²) in [6.07, 6.45) is 5.99. The highest BCUT2D eigenvalue weighted by Gasteiger charge is 2.16. The molecule has 1 N–H and O–H groups in total. The summed E-state index contributed by atoms with van der Waals surface area (Å²) in [6.45, 7) is 7.89. The fourth-order valence-electron chi connectivity index (χ4n) is 2.33. The molecular weight excluding hydrogens is 276 g/mol. The first-order valence-electron chi connectivity index (χ1n) is 7.93. The highest BCUT2D eigenvalue weighted by molar-refractivity contribution is 5.28. The van der Waals surface area contributed by atoms with E-state index in [1.165, 1.54) is 0 Å². The fourth-order valence-corrected chi connectivity index (χ4v) is 2.33. The van der Waals surface area contributed by atoms with Crippen LogP contribution < -0.4 is 4.74 Å². The second kappa shape index (κ2) is 7.99. The Labute approximate surface area is 132 Å². The van der Waals surface area contributed by atoms with Gasteiger partial charge < -0.3 is 14.4 Å². The van der Waals surface area contributed by atoms with Crippen LogP contribution in [0, 0.1) is 11.8 Å². The summed E-state index contributed by atoms with van der Waals surface area (Å²) in [4.78, 5) is 4.02. The molecule has 0 amide bonds. The second-order valence-corrected chi connectivity index (χ2v) is 6.28. The lowest BCUT2D eigenvalue weighted by Gasteiger charge is -2.20. The van der Waals surface area contributed by atoms with Gasteiger partial charge in [0.05, 0.1) is 19.0 Å².